The van der Waals surface area contributed by atoms with Crippen LogP contribution >= 0.6 is 0 Å². The van der Waals surface area contributed by atoms with Crippen molar-refractivity contribution in [1.82, 2.24) is 4.90 Å². The largest absolute Gasteiger partial charge is 0.371 e. The number of hydrogen-bond donors (Lipinski definition) is 0. The number of amides is 1. The fourth-order valence-corrected chi connectivity index (χ4v) is 2.30. The van der Waals surface area contributed by atoms with E-state index < -0.39 is 0 Å². The van der Waals surface area contributed by atoms with Crippen molar-refractivity contribution in [2.45, 2.75) is 18.9 Å². The molecule has 3 nitrogen and oxygen atoms in total. The highest BCUT2D eigenvalue weighted by atomic mass is 16.5. The molecule has 0 saturated carbocycles. The van der Waals surface area contributed by atoms with Crippen LogP contribution in [0.25, 0.3) is 0 Å². The topological polar surface area (TPSA) is 29.5 Å². The van der Waals surface area contributed by atoms with Gasteiger partial charge in [-0.2, -0.15) is 0 Å². The van der Waals surface area contributed by atoms with E-state index in [1.54, 1.807) is 0 Å². The number of benzene rings is 1. The Kier molecular flexibility index (Phi) is 3.82. The Morgan fingerprint density at radius 1 is 1.50 bits per heavy atom. The minimum atomic E-state index is -0.301. The van der Waals surface area contributed by atoms with Crippen LogP contribution in [0.2, 0.25) is 0 Å². The number of carbonyl (C=O) groups excluding carboxylic acids is 1. The molecule has 1 amide bonds. The predicted octanol–water partition coefficient (Wildman–Crippen LogP) is 2.49. The van der Waals surface area contributed by atoms with Crippen LogP contribution in [0, 0.1) is 0 Å². The fraction of sp³-hybridized carbons (Fsp3) is 0.400. The summed E-state index contributed by atoms with van der Waals surface area (Å²) in [5.41, 5.74) is 0.435. The first kappa shape index (κ1) is 12.8. The second kappa shape index (κ2) is 5.36. The molecule has 0 spiro atoms. The van der Waals surface area contributed by atoms with Gasteiger partial charge in [0.15, 0.2) is 0 Å². The van der Waals surface area contributed by atoms with Crippen molar-refractivity contribution in [2.24, 2.45) is 0 Å². The molecule has 1 fully saturated rings. The van der Waals surface area contributed by atoms with Gasteiger partial charge in [0.25, 0.3) is 5.91 Å². The normalized spacial score (nSPS) is 23.7. The van der Waals surface area contributed by atoms with Crippen LogP contribution in [0.5, 0.6) is 0 Å². The van der Waals surface area contributed by atoms with E-state index in [0.717, 1.165) is 12.0 Å². The second-order valence-electron chi connectivity index (χ2n) is 4.88. The summed E-state index contributed by atoms with van der Waals surface area (Å²) in [6.45, 7) is 7.63. The molecule has 0 aromatic heterocycles. The van der Waals surface area contributed by atoms with Gasteiger partial charge in [0, 0.05) is 12.1 Å². The number of ether oxygens (including phenoxy) is 1. The number of carbonyl (C=O) groups is 1. The lowest BCUT2D eigenvalue weighted by molar-refractivity contribution is -0.0859. The van der Waals surface area contributed by atoms with Crippen LogP contribution in [-0.4, -0.2) is 36.1 Å². The zero-order valence-electron chi connectivity index (χ0n) is 10.8. The smallest absolute Gasteiger partial charge is 0.254 e. The number of rotatable bonds is 3. The molecule has 1 aromatic carbocycles. The van der Waals surface area contributed by atoms with E-state index in [-0.39, 0.29) is 11.5 Å². The van der Waals surface area contributed by atoms with E-state index in [1.165, 1.54) is 0 Å². The van der Waals surface area contributed by atoms with Crippen LogP contribution < -0.4 is 0 Å². The minimum Gasteiger partial charge on any atom is -0.371 e. The molecule has 1 heterocycles. The fourth-order valence-electron chi connectivity index (χ4n) is 2.30. The third-order valence-corrected chi connectivity index (χ3v) is 3.22. The number of hydrogen-bond acceptors (Lipinski definition) is 2. The average Bonchev–Trinajstić information content (AvgIpc) is 2.39. The van der Waals surface area contributed by atoms with Gasteiger partial charge in [-0.1, -0.05) is 24.3 Å². The highest BCUT2D eigenvalue weighted by Crippen LogP contribution is 2.23. The summed E-state index contributed by atoms with van der Waals surface area (Å²) < 4.78 is 5.76. The zero-order chi connectivity index (χ0) is 13.0. The maximum atomic E-state index is 12.3. The summed E-state index contributed by atoms with van der Waals surface area (Å²) in [7, 11) is 0. The van der Waals surface area contributed by atoms with Crippen molar-refractivity contribution in [3.05, 3.63) is 48.6 Å². The molecule has 1 aromatic rings. The molecule has 18 heavy (non-hydrogen) atoms. The molecular formula is C15H19NO2. The first-order valence-electron chi connectivity index (χ1n) is 6.24. The Labute approximate surface area is 108 Å². The third-order valence-electron chi connectivity index (χ3n) is 3.22. The highest BCUT2D eigenvalue weighted by Gasteiger charge is 2.33. The summed E-state index contributed by atoms with van der Waals surface area (Å²) in [5.74, 6) is 0.0780. The van der Waals surface area contributed by atoms with Crippen LogP contribution in [0.1, 0.15) is 23.7 Å². The number of morpholine rings is 1. The van der Waals surface area contributed by atoms with Crippen LogP contribution in [-0.2, 0) is 4.74 Å². The lowest BCUT2D eigenvalue weighted by atomic mass is 9.99. The van der Waals surface area contributed by atoms with E-state index in [1.807, 2.05) is 48.2 Å². The van der Waals surface area contributed by atoms with Gasteiger partial charge in [-0.15, -0.1) is 6.58 Å². The van der Waals surface area contributed by atoms with Gasteiger partial charge in [0.2, 0.25) is 0 Å². The Balaban J connectivity index is 2.10. The SMILES string of the molecule is C=CCC1(C)CN(C(=O)c2ccccc2)CCO1. The quantitative estimate of drug-likeness (QED) is 0.766. The second-order valence-corrected chi connectivity index (χ2v) is 4.88. The Bertz CT molecular complexity index is 429. The molecule has 3 heteroatoms. The standard InChI is InChI=1S/C15H19NO2/c1-3-9-15(2)12-16(10-11-18-15)14(17)13-7-5-4-6-8-13/h3-8H,1,9-12H2,2H3. The lowest BCUT2D eigenvalue weighted by Crippen LogP contribution is -2.51. The van der Waals surface area contributed by atoms with Crippen LogP contribution in [0.4, 0.5) is 0 Å². The molecule has 0 N–H and O–H groups in total. The lowest BCUT2D eigenvalue weighted by Gasteiger charge is -2.40. The van der Waals surface area contributed by atoms with Crippen LogP contribution in [0.15, 0.2) is 43.0 Å². The van der Waals surface area contributed by atoms with Crippen molar-refractivity contribution in [1.29, 1.82) is 0 Å². The van der Waals surface area contributed by atoms with E-state index in [9.17, 15) is 4.79 Å². The Hall–Kier alpha value is -1.61. The maximum Gasteiger partial charge on any atom is 0.254 e. The Morgan fingerprint density at radius 3 is 2.89 bits per heavy atom. The molecular weight excluding hydrogens is 226 g/mol. The van der Waals surface area contributed by atoms with Crippen molar-refractivity contribution in [2.75, 3.05) is 19.7 Å². The number of nitrogens with zero attached hydrogens (tertiary/aromatic N) is 1. The highest BCUT2D eigenvalue weighted by molar-refractivity contribution is 5.94. The molecule has 1 atom stereocenters. The molecule has 2 rings (SSSR count). The molecule has 1 aliphatic heterocycles. The molecule has 0 radical (unpaired) electrons. The molecule has 96 valence electrons. The summed E-state index contributed by atoms with van der Waals surface area (Å²) in [6, 6.07) is 9.39. The summed E-state index contributed by atoms with van der Waals surface area (Å²) in [5, 5.41) is 0. The zero-order valence-corrected chi connectivity index (χ0v) is 10.8. The molecule has 1 unspecified atom stereocenters. The molecule has 0 bridgehead atoms. The average molecular weight is 245 g/mol. The van der Waals surface area contributed by atoms with Crippen LogP contribution in [0.3, 0.4) is 0 Å². The molecule has 0 aliphatic carbocycles. The maximum absolute atomic E-state index is 12.3. The van der Waals surface area contributed by atoms with Crippen molar-refractivity contribution < 1.29 is 9.53 Å². The van der Waals surface area contributed by atoms with Gasteiger partial charge >= 0.3 is 0 Å². The summed E-state index contributed by atoms with van der Waals surface area (Å²) in [4.78, 5) is 14.2. The van der Waals surface area contributed by atoms with Gasteiger partial charge in [0.1, 0.15) is 0 Å². The van der Waals surface area contributed by atoms with Gasteiger partial charge in [-0.25, -0.2) is 0 Å². The van der Waals surface area contributed by atoms with Crippen molar-refractivity contribution in [3.63, 3.8) is 0 Å². The van der Waals surface area contributed by atoms with Crippen molar-refractivity contribution >= 4 is 5.91 Å². The first-order chi connectivity index (χ1) is 8.64. The van der Waals surface area contributed by atoms with E-state index in [2.05, 4.69) is 6.58 Å². The predicted molar refractivity (Wildman–Crippen MR) is 71.5 cm³/mol. The molecule has 1 aliphatic rings. The van der Waals surface area contributed by atoms with Gasteiger partial charge in [-0.3, -0.25) is 4.79 Å². The van der Waals surface area contributed by atoms with E-state index in [4.69, 9.17) is 4.74 Å². The van der Waals surface area contributed by atoms with Gasteiger partial charge < -0.3 is 9.64 Å². The van der Waals surface area contributed by atoms with E-state index >= 15 is 0 Å². The minimum absolute atomic E-state index is 0.0780. The van der Waals surface area contributed by atoms with Gasteiger partial charge in [-0.05, 0) is 25.5 Å². The monoisotopic (exact) mass is 245 g/mol. The van der Waals surface area contributed by atoms with E-state index in [0.29, 0.717) is 19.7 Å². The molecule has 1 saturated heterocycles. The summed E-state index contributed by atoms with van der Waals surface area (Å²) in [6.07, 6.45) is 2.60. The van der Waals surface area contributed by atoms with Gasteiger partial charge in [0.05, 0.1) is 18.8 Å². The third kappa shape index (κ3) is 2.79. The summed E-state index contributed by atoms with van der Waals surface area (Å²) >= 11 is 0. The Morgan fingerprint density at radius 2 is 2.22 bits per heavy atom. The first-order valence-corrected chi connectivity index (χ1v) is 6.24. The van der Waals surface area contributed by atoms with Crippen molar-refractivity contribution in [3.8, 4) is 0 Å².